The van der Waals surface area contributed by atoms with E-state index in [1.54, 1.807) is 16.4 Å². The number of nitrogens with zero attached hydrogens (tertiary/aromatic N) is 1. The molecule has 0 aromatic heterocycles. The average Bonchev–Trinajstić information content (AvgIpc) is 2.30. The Morgan fingerprint density at radius 1 is 1.19 bits per heavy atom. The second-order valence-electron chi connectivity index (χ2n) is 3.92. The van der Waals surface area contributed by atoms with Gasteiger partial charge in [-0.1, -0.05) is 18.2 Å². The van der Waals surface area contributed by atoms with Gasteiger partial charge in [0.1, 0.15) is 0 Å². The maximum atomic E-state index is 12.3. The predicted octanol–water partition coefficient (Wildman–Crippen LogP) is 0.589. The van der Waals surface area contributed by atoms with Crippen LogP contribution in [0.1, 0.15) is 5.56 Å². The van der Waals surface area contributed by atoms with Gasteiger partial charge in [0.05, 0.1) is 4.90 Å². The van der Waals surface area contributed by atoms with Gasteiger partial charge in [0.15, 0.2) is 0 Å². The summed E-state index contributed by atoms with van der Waals surface area (Å²) in [6.45, 7) is 4.39. The highest BCUT2D eigenvalue weighted by atomic mass is 32.2. The molecule has 1 fully saturated rings. The summed E-state index contributed by atoms with van der Waals surface area (Å²) in [6, 6.07) is 7.12. The zero-order valence-corrected chi connectivity index (χ0v) is 10.1. The third-order valence-corrected chi connectivity index (χ3v) is 4.85. The minimum atomic E-state index is -3.30. The van der Waals surface area contributed by atoms with Crippen molar-refractivity contribution in [2.75, 3.05) is 26.2 Å². The van der Waals surface area contributed by atoms with Crippen LogP contribution in [-0.2, 0) is 10.0 Å². The Balaban J connectivity index is 2.35. The minimum absolute atomic E-state index is 0.428. The standard InChI is InChI=1S/C11H16N2O2S/c1-10-4-2-3-5-11(10)16(14,15)13-8-6-12-7-9-13/h2-5,12H,6-9H2,1H3. The summed E-state index contributed by atoms with van der Waals surface area (Å²) in [4.78, 5) is 0.428. The van der Waals surface area contributed by atoms with E-state index < -0.39 is 10.0 Å². The van der Waals surface area contributed by atoms with Gasteiger partial charge in [-0.05, 0) is 18.6 Å². The Hall–Kier alpha value is -0.910. The molecular weight excluding hydrogens is 224 g/mol. The van der Waals surface area contributed by atoms with Crippen molar-refractivity contribution in [1.82, 2.24) is 9.62 Å². The van der Waals surface area contributed by atoms with Crippen molar-refractivity contribution in [2.24, 2.45) is 0 Å². The molecule has 1 saturated heterocycles. The molecule has 16 heavy (non-hydrogen) atoms. The van der Waals surface area contributed by atoms with Crippen LogP contribution < -0.4 is 5.32 Å². The van der Waals surface area contributed by atoms with Crippen LogP contribution in [0.2, 0.25) is 0 Å². The lowest BCUT2D eigenvalue weighted by atomic mass is 10.2. The Bertz CT molecular complexity index is 465. The van der Waals surface area contributed by atoms with Crippen molar-refractivity contribution < 1.29 is 8.42 Å². The number of aryl methyl sites for hydroxylation is 1. The molecule has 0 radical (unpaired) electrons. The number of rotatable bonds is 2. The highest BCUT2D eigenvalue weighted by Gasteiger charge is 2.26. The molecule has 2 rings (SSSR count). The van der Waals surface area contributed by atoms with Crippen molar-refractivity contribution in [3.63, 3.8) is 0 Å². The van der Waals surface area contributed by atoms with Gasteiger partial charge in [0, 0.05) is 26.2 Å². The van der Waals surface area contributed by atoms with E-state index in [2.05, 4.69) is 5.32 Å². The smallest absolute Gasteiger partial charge is 0.243 e. The molecule has 5 heteroatoms. The van der Waals surface area contributed by atoms with Gasteiger partial charge in [0.2, 0.25) is 10.0 Å². The van der Waals surface area contributed by atoms with Crippen molar-refractivity contribution in [3.05, 3.63) is 29.8 Å². The molecule has 0 amide bonds. The van der Waals surface area contributed by atoms with Crippen LogP contribution in [0.15, 0.2) is 29.2 Å². The van der Waals surface area contributed by atoms with Gasteiger partial charge in [0.25, 0.3) is 0 Å². The van der Waals surface area contributed by atoms with E-state index in [0.717, 1.165) is 18.7 Å². The van der Waals surface area contributed by atoms with Crippen molar-refractivity contribution in [1.29, 1.82) is 0 Å². The molecule has 1 aliphatic rings. The van der Waals surface area contributed by atoms with Crippen LogP contribution in [0.5, 0.6) is 0 Å². The highest BCUT2D eigenvalue weighted by molar-refractivity contribution is 7.89. The zero-order valence-electron chi connectivity index (χ0n) is 9.31. The van der Waals surface area contributed by atoms with E-state index in [1.807, 2.05) is 19.1 Å². The Morgan fingerprint density at radius 2 is 1.81 bits per heavy atom. The lowest BCUT2D eigenvalue weighted by molar-refractivity contribution is 0.360. The lowest BCUT2D eigenvalue weighted by Gasteiger charge is -2.27. The van der Waals surface area contributed by atoms with E-state index in [4.69, 9.17) is 0 Å². The molecule has 0 aliphatic carbocycles. The topological polar surface area (TPSA) is 49.4 Å². The zero-order chi connectivity index (χ0) is 11.6. The monoisotopic (exact) mass is 240 g/mol. The first-order valence-corrected chi connectivity index (χ1v) is 6.83. The minimum Gasteiger partial charge on any atom is -0.314 e. The molecular formula is C11H16N2O2S. The first-order chi connectivity index (χ1) is 7.62. The lowest BCUT2D eigenvalue weighted by Crippen LogP contribution is -2.46. The molecule has 1 aliphatic heterocycles. The Morgan fingerprint density at radius 3 is 2.44 bits per heavy atom. The van der Waals surface area contributed by atoms with Crippen LogP contribution in [0.3, 0.4) is 0 Å². The van der Waals surface area contributed by atoms with Gasteiger partial charge in [-0.25, -0.2) is 8.42 Å². The molecule has 0 atom stereocenters. The van der Waals surface area contributed by atoms with Crippen LogP contribution in [0.4, 0.5) is 0 Å². The summed E-state index contributed by atoms with van der Waals surface area (Å²) in [5.41, 5.74) is 0.807. The maximum absolute atomic E-state index is 12.3. The van der Waals surface area contributed by atoms with Crippen LogP contribution >= 0.6 is 0 Å². The van der Waals surface area contributed by atoms with Gasteiger partial charge >= 0.3 is 0 Å². The summed E-state index contributed by atoms with van der Waals surface area (Å²) in [7, 11) is -3.30. The molecule has 1 N–H and O–H groups in total. The fraction of sp³-hybridized carbons (Fsp3) is 0.455. The first-order valence-electron chi connectivity index (χ1n) is 5.39. The van der Waals surface area contributed by atoms with E-state index >= 15 is 0 Å². The van der Waals surface area contributed by atoms with Gasteiger partial charge in [-0.15, -0.1) is 0 Å². The number of hydrogen-bond donors (Lipinski definition) is 1. The third kappa shape index (κ3) is 2.11. The second-order valence-corrected chi connectivity index (χ2v) is 5.83. The number of benzene rings is 1. The summed E-state index contributed by atoms with van der Waals surface area (Å²) in [5, 5.41) is 3.15. The quantitative estimate of drug-likeness (QED) is 0.823. The summed E-state index contributed by atoms with van der Waals surface area (Å²) >= 11 is 0. The van der Waals surface area contributed by atoms with Crippen LogP contribution in [-0.4, -0.2) is 38.9 Å². The highest BCUT2D eigenvalue weighted by Crippen LogP contribution is 2.19. The van der Waals surface area contributed by atoms with E-state index in [1.165, 1.54) is 0 Å². The predicted molar refractivity (Wildman–Crippen MR) is 62.8 cm³/mol. The molecule has 88 valence electrons. The number of sulfonamides is 1. The fourth-order valence-electron chi connectivity index (χ4n) is 1.87. The van der Waals surface area contributed by atoms with E-state index in [9.17, 15) is 8.42 Å². The van der Waals surface area contributed by atoms with Crippen molar-refractivity contribution in [3.8, 4) is 0 Å². The molecule has 4 nitrogen and oxygen atoms in total. The van der Waals surface area contributed by atoms with E-state index in [0.29, 0.717) is 18.0 Å². The normalized spacial score (nSPS) is 18.6. The molecule has 1 heterocycles. The molecule has 1 aromatic rings. The van der Waals surface area contributed by atoms with Crippen molar-refractivity contribution >= 4 is 10.0 Å². The number of piperazine rings is 1. The summed E-state index contributed by atoms with van der Waals surface area (Å²) < 4.78 is 26.2. The summed E-state index contributed by atoms with van der Waals surface area (Å²) in [6.07, 6.45) is 0. The molecule has 0 unspecified atom stereocenters. The fourth-order valence-corrected chi connectivity index (χ4v) is 3.54. The van der Waals surface area contributed by atoms with Gasteiger partial charge in [-0.3, -0.25) is 0 Å². The number of hydrogen-bond acceptors (Lipinski definition) is 3. The number of nitrogens with one attached hydrogen (secondary N) is 1. The Labute approximate surface area is 96.3 Å². The third-order valence-electron chi connectivity index (χ3n) is 2.79. The maximum Gasteiger partial charge on any atom is 0.243 e. The van der Waals surface area contributed by atoms with Crippen LogP contribution in [0.25, 0.3) is 0 Å². The van der Waals surface area contributed by atoms with E-state index in [-0.39, 0.29) is 0 Å². The SMILES string of the molecule is Cc1ccccc1S(=O)(=O)N1CCNCC1. The Kier molecular flexibility index (Phi) is 3.28. The molecule has 0 bridgehead atoms. The molecule has 1 aromatic carbocycles. The largest absolute Gasteiger partial charge is 0.314 e. The van der Waals surface area contributed by atoms with Crippen LogP contribution in [0, 0.1) is 6.92 Å². The summed E-state index contributed by atoms with van der Waals surface area (Å²) in [5.74, 6) is 0. The average molecular weight is 240 g/mol. The van der Waals surface area contributed by atoms with Gasteiger partial charge in [-0.2, -0.15) is 4.31 Å². The second kappa shape index (κ2) is 4.53. The molecule has 0 spiro atoms. The molecule has 0 saturated carbocycles. The first kappa shape index (κ1) is 11.6. The van der Waals surface area contributed by atoms with Crippen molar-refractivity contribution in [2.45, 2.75) is 11.8 Å². The van der Waals surface area contributed by atoms with Gasteiger partial charge < -0.3 is 5.32 Å².